The van der Waals surface area contributed by atoms with Crippen molar-refractivity contribution in [2.24, 2.45) is 0 Å². The van der Waals surface area contributed by atoms with Crippen LogP contribution in [0.3, 0.4) is 0 Å². The predicted molar refractivity (Wildman–Crippen MR) is 84.8 cm³/mol. The van der Waals surface area contributed by atoms with Crippen LogP contribution in [0.15, 0.2) is 41.8 Å². The van der Waals surface area contributed by atoms with Gasteiger partial charge in [0.2, 0.25) is 5.91 Å². The fourth-order valence-electron chi connectivity index (χ4n) is 1.85. The number of nitrogens with one attached hydrogen (secondary N) is 2. The molecular weight excluding hydrogens is 268 g/mol. The van der Waals surface area contributed by atoms with Crippen LogP contribution in [0.1, 0.15) is 25.3 Å². The number of rotatable bonds is 8. The number of carbonyl (C=O) groups is 1. The molecular formula is C16H22N2OS. The molecule has 3 nitrogen and oxygen atoms in total. The zero-order valence-corrected chi connectivity index (χ0v) is 12.7. The van der Waals surface area contributed by atoms with Crippen LogP contribution in [-0.4, -0.2) is 23.7 Å². The molecule has 108 valence electrons. The van der Waals surface area contributed by atoms with E-state index in [-0.39, 0.29) is 11.2 Å². The topological polar surface area (TPSA) is 41.1 Å². The number of thioether (sulfide) groups is 1. The minimum Gasteiger partial charge on any atom is -0.352 e. The summed E-state index contributed by atoms with van der Waals surface area (Å²) in [5.74, 6) is 0.0522. The molecule has 0 aliphatic heterocycles. The summed E-state index contributed by atoms with van der Waals surface area (Å²) in [7, 11) is 0. The van der Waals surface area contributed by atoms with Crippen LogP contribution in [-0.2, 0) is 11.3 Å². The maximum atomic E-state index is 11.8. The van der Waals surface area contributed by atoms with Gasteiger partial charge in [-0.2, -0.15) is 0 Å². The highest BCUT2D eigenvalue weighted by Gasteiger charge is 2.20. The van der Waals surface area contributed by atoms with E-state index in [4.69, 9.17) is 0 Å². The average molecular weight is 290 g/mol. The van der Waals surface area contributed by atoms with E-state index in [1.54, 1.807) is 17.8 Å². The van der Waals surface area contributed by atoms with E-state index in [1.807, 2.05) is 6.92 Å². The lowest BCUT2D eigenvalue weighted by Gasteiger charge is -2.12. The highest BCUT2D eigenvalue weighted by Crippen LogP contribution is 2.25. The van der Waals surface area contributed by atoms with Crippen LogP contribution in [0.5, 0.6) is 0 Å². The maximum absolute atomic E-state index is 11.8. The summed E-state index contributed by atoms with van der Waals surface area (Å²) in [6, 6.07) is 9.12. The Kier molecular flexibility index (Phi) is 5.68. The van der Waals surface area contributed by atoms with Crippen molar-refractivity contribution in [3.63, 3.8) is 0 Å². The van der Waals surface area contributed by atoms with Gasteiger partial charge in [-0.25, -0.2) is 0 Å². The summed E-state index contributed by atoms with van der Waals surface area (Å²) >= 11 is 1.59. The normalized spacial score (nSPS) is 15.7. The largest absolute Gasteiger partial charge is 0.352 e. The highest BCUT2D eigenvalue weighted by molar-refractivity contribution is 8.00. The van der Waals surface area contributed by atoms with Gasteiger partial charge in [-0.05, 0) is 37.5 Å². The lowest BCUT2D eigenvalue weighted by Crippen LogP contribution is -2.30. The van der Waals surface area contributed by atoms with Crippen molar-refractivity contribution >= 4 is 17.7 Å². The Bertz CT molecular complexity index is 471. The summed E-state index contributed by atoms with van der Waals surface area (Å²) < 4.78 is 0. The lowest BCUT2D eigenvalue weighted by molar-refractivity contribution is -0.120. The molecule has 0 saturated heterocycles. The van der Waals surface area contributed by atoms with Crippen LogP contribution < -0.4 is 10.6 Å². The van der Waals surface area contributed by atoms with Crippen molar-refractivity contribution in [2.75, 3.05) is 6.54 Å². The molecule has 0 radical (unpaired) electrons. The Morgan fingerprint density at radius 1 is 1.55 bits per heavy atom. The van der Waals surface area contributed by atoms with Gasteiger partial charge < -0.3 is 10.6 Å². The molecule has 0 spiro atoms. The monoisotopic (exact) mass is 290 g/mol. The third kappa shape index (κ3) is 5.02. The molecule has 1 aliphatic carbocycles. The lowest BCUT2D eigenvalue weighted by atomic mass is 10.2. The first-order valence-corrected chi connectivity index (χ1v) is 7.94. The second-order valence-corrected chi connectivity index (χ2v) is 6.51. The number of amides is 1. The Hall–Kier alpha value is -1.26. The maximum Gasteiger partial charge on any atom is 0.233 e. The zero-order chi connectivity index (χ0) is 14.4. The number of benzene rings is 1. The standard InChI is InChI=1S/C16H22N2OS/c1-3-9-17-16(19)12(2)20-15-6-4-5-13(10-15)11-18-14-7-8-14/h3-6,10,12,14,18H,1,7-9,11H2,2H3,(H,17,19). The predicted octanol–water partition coefficient (Wildman–Crippen LogP) is 2.72. The summed E-state index contributed by atoms with van der Waals surface area (Å²) in [6.07, 6.45) is 4.29. The summed E-state index contributed by atoms with van der Waals surface area (Å²) in [4.78, 5) is 13.0. The Labute approximate surface area is 125 Å². The Morgan fingerprint density at radius 3 is 3.05 bits per heavy atom. The van der Waals surface area contributed by atoms with Gasteiger partial charge in [-0.15, -0.1) is 18.3 Å². The third-order valence-electron chi connectivity index (χ3n) is 3.17. The molecule has 1 aromatic carbocycles. The van der Waals surface area contributed by atoms with Crippen molar-refractivity contribution < 1.29 is 4.79 Å². The molecule has 4 heteroatoms. The molecule has 1 aromatic rings. The van der Waals surface area contributed by atoms with Crippen LogP contribution >= 0.6 is 11.8 Å². The first-order valence-electron chi connectivity index (χ1n) is 7.06. The van der Waals surface area contributed by atoms with Crippen LogP contribution in [0.4, 0.5) is 0 Å². The molecule has 0 heterocycles. The van der Waals surface area contributed by atoms with E-state index < -0.39 is 0 Å². The molecule has 1 unspecified atom stereocenters. The van der Waals surface area contributed by atoms with E-state index in [9.17, 15) is 4.79 Å². The second kappa shape index (κ2) is 7.50. The Balaban J connectivity index is 1.85. The van der Waals surface area contributed by atoms with Gasteiger partial charge in [0.25, 0.3) is 0 Å². The number of hydrogen-bond donors (Lipinski definition) is 2. The van der Waals surface area contributed by atoms with E-state index in [2.05, 4.69) is 41.5 Å². The highest BCUT2D eigenvalue weighted by atomic mass is 32.2. The van der Waals surface area contributed by atoms with E-state index in [0.29, 0.717) is 6.54 Å². The molecule has 1 fully saturated rings. The first-order chi connectivity index (χ1) is 9.69. The molecule has 2 N–H and O–H groups in total. The van der Waals surface area contributed by atoms with Crippen LogP contribution in [0, 0.1) is 0 Å². The van der Waals surface area contributed by atoms with Crippen molar-refractivity contribution in [1.29, 1.82) is 0 Å². The number of hydrogen-bond acceptors (Lipinski definition) is 3. The molecule has 0 bridgehead atoms. The van der Waals surface area contributed by atoms with Gasteiger partial charge in [-0.1, -0.05) is 18.2 Å². The van der Waals surface area contributed by atoms with E-state index in [0.717, 1.165) is 17.5 Å². The van der Waals surface area contributed by atoms with Crippen LogP contribution in [0.2, 0.25) is 0 Å². The fraction of sp³-hybridized carbons (Fsp3) is 0.438. The molecule has 1 atom stereocenters. The van der Waals surface area contributed by atoms with E-state index >= 15 is 0 Å². The molecule has 1 saturated carbocycles. The average Bonchev–Trinajstić information content (AvgIpc) is 3.27. The zero-order valence-electron chi connectivity index (χ0n) is 11.9. The summed E-state index contributed by atoms with van der Waals surface area (Å²) in [5, 5.41) is 6.23. The van der Waals surface area contributed by atoms with Crippen molar-refractivity contribution in [2.45, 2.75) is 42.5 Å². The SMILES string of the molecule is C=CCNC(=O)C(C)Sc1cccc(CNC2CC2)c1. The quantitative estimate of drug-likeness (QED) is 0.571. The van der Waals surface area contributed by atoms with Gasteiger partial charge in [0, 0.05) is 24.0 Å². The first kappa shape index (κ1) is 15.1. The van der Waals surface area contributed by atoms with Crippen molar-refractivity contribution in [3.8, 4) is 0 Å². The van der Waals surface area contributed by atoms with Crippen molar-refractivity contribution in [1.82, 2.24) is 10.6 Å². The fourth-order valence-corrected chi connectivity index (χ4v) is 2.83. The Morgan fingerprint density at radius 2 is 2.35 bits per heavy atom. The molecule has 20 heavy (non-hydrogen) atoms. The smallest absolute Gasteiger partial charge is 0.233 e. The third-order valence-corrected chi connectivity index (χ3v) is 4.27. The molecule has 0 aromatic heterocycles. The van der Waals surface area contributed by atoms with Gasteiger partial charge in [0.15, 0.2) is 0 Å². The molecule has 2 rings (SSSR count). The summed E-state index contributed by atoms with van der Waals surface area (Å²) in [5.41, 5.74) is 1.28. The minimum absolute atomic E-state index is 0.0522. The van der Waals surface area contributed by atoms with Gasteiger partial charge in [-0.3, -0.25) is 4.79 Å². The van der Waals surface area contributed by atoms with Gasteiger partial charge in [0.1, 0.15) is 0 Å². The van der Waals surface area contributed by atoms with Crippen molar-refractivity contribution in [3.05, 3.63) is 42.5 Å². The summed E-state index contributed by atoms with van der Waals surface area (Å²) in [6.45, 7) is 6.96. The van der Waals surface area contributed by atoms with Crippen LogP contribution in [0.25, 0.3) is 0 Å². The molecule has 1 amide bonds. The second-order valence-electron chi connectivity index (χ2n) is 5.10. The molecule has 1 aliphatic rings. The van der Waals surface area contributed by atoms with Gasteiger partial charge >= 0.3 is 0 Å². The minimum atomic E-state index is -0.0957. The number of carbonyl (C=O) groups excluding carboxylic acids is 1. The van der Waals surface area contributed by atoms with E-state index in [1.165, 1.54) is 18.4 Å². The van der Waals surface area contributed by atoms with Gasteiger partial charge in [0.05, 0.1) is 5.25 Å².